The van der Waals surface area contributed by atoms with Crippen molar-refractivity contribution in [2.75, 3.05) is 13.2 Å². The maximum atomic E-state index is 12.3. The molecule has 0 saturated heterocycles. The zero-order valence-corrected chi connectivity index (χ0v) is 14.8. The highest BCUT2D eigenvalue weighted by atomic mass is 16.6. The molecular weight excluding hydrogens is 344 g/mol. The molecule has 27 heavy (non-hydrogen) atoms. The number of aromatic nitrogens is 1. The minimum absolute atomic E-state index is 0.0828. The molecule has 3 aromatic rings. The molecule has 2 heterocycles. The van der Waals surface area contributed by atoms with Gasteiger partial charge in [0.15, 0.2) is 11.5 Å². The highest BCUT2D eigenvalue weighted by Crippen LogP contribution is 2.33. The second-order valence-corrected chi connectivity index (χ2v) is 6.47. The van der Waals surface area contributed by atoms with E-state index in [4.69, 9.17) is 9.47 Å². The van der Waals surface area contributed by atoms with Crippen molar-refractivity contribution in [2.45, 2.75) is 19.4 Å². The Morgan fingerprint density at radius 3 is 2.56 bits per heavy atom. The lowest BCUT2D eigenvalue weighted by molar-refractivity contribution is -0.121. The van der Waals surface area contributed by atoms with E-state index in [1.165, 1.54) is 0 Å². The number of carbonyl (C=O) groups excluding carboxylic acids is 1. The summed E-state index contributed by atoms with van der Waals surface area (Å²) in [6.45, 7) is 1.19. The third kappa shape index (κ3) is 3.95. The molecule has 6 nitrogen and oxygen atoms in total. The van der Waals surface area contributed by atoms with E-state index in [0.29, 0.717) is 48.6 Å². The van der Waals surface area contributed by atoms with E-state index < -0.39 is 0 Å². The average molecular weight is 364 g/mol. The third-order valence-electron chi connectivity index (χ3n) is 4.54. The van der Waals surface area contributed by atoms with Gasteiger partial charge in [-0.15, -0.1) is 0 Å². The Labute approximate surface area is 156 Å². The Kier molecular flexibility index (Phi) is 4.78. The van der Waals surface area contributed by atoms with E-state index >= 15 is 0 Å². The summed E-state index contributed by atoms with van der Waals surface area (Å²) in [5, 5.41) is 3.66. The standard InChI is InChI=1S/C21H20N2O4/c24-20(7-6-14-4-2-1-3-5-14)22-13-16-10-15-11-18-19(27-9-8-26-18)12-17(15)23-21(16)25/h1-5,10-12H,6-9,13H2,(H,22,24)(H,23,25). The number of hydrogen-bond acceptors (Lipinski definition) is 4. The van der Waals surface area contributed by atoms with Gasteiger partial charge in [0.1, 0.15) is 13.2 Å². The second-order valence-electron chi connectivity index (χ2n) is 6.47. The molecule has 0 spiro atoms. The van der Waals surface area contributed by atoms with Crippen LogP contribution in [0.1, 0.15) is 17.5 Å². The van der Waals surface area contributed by atoms with Gasteiger partial charge >= 0.3 is 0 Å². The van der Waals surface area contributed by atoms with Gasteiger partial charge in [0.05, 0.1) is 5.52 Å². The summed E-state index contributed by atoms with van der Waals surface area (Å²) in [6.07, 6.45) is 1.05. The van der Waals surface area contributed by atoms with Gasteiger partial charge in [-0.1, -0.05) is 30.3 Å². The smallest absolute Gasteiger partial charge is 0.253 e. The first-order valence-electron chi connectivity index (χ1n) is 8.95. The monoisotopic (exact) mass is 364 g/mol. The number of benzene rings is 2. The van der Waals surface area contributed by atoms with Crippen LogP contribution < -0.4 is 20.3 Å². The molecular formula is C21H20N2O4. The quantitative estimate of drug-likeness (QED) is 0.729. The van der Waals surface area contributed by atoms with E-state index in [2.05, 4.69) is 10.3 Å². The lowest BCUT2D eigenvalue weighted by Crippen LogP contribution is -2.27. The van der Waals surface area contributed by atoms with Crippen molar-refractivity contribution in [1.82, 2.24) is 10.3 Å². The Balaban J connectivity index is 1.44. The molecule has 1 amide bonds. The minimum Gasteiger partial charge on any atom is -0.486 e. The maximum Gasteiger partial charge on any atom is 0.253 e. The summed E-state index contributed by atoms with van der Waals surface area (Å²) >= 11 is 0. The minimum atomic E-state index is -0.220. The van der Waals surface area contributed by atoms with Crippen molar-refractivity contribution in [3.8, 4) is 11.5 Å². The fourth-order valence-corrected chi connectivity index (χ4v) is 3.10. The van der Waals surface area contributed by atoms with Crippen LogP contribution in [0.4, 0.5) is 0 Å². The fraction of sp³-hybridized carbons (Fsp3) is 0.238. The average Bonchev–Trinajstić information content (AvgIpc) is 2.70. The Morgan fingerprint density at radius 1 is 1.04 bits per heavy atom. The summed E-state index contributed by atoms with van der Waals surface area (Å²) in [4.78, 5) is 27.3. The van der Waals surface area contributed by atoms with Gasteiger partial charge in [0.25, 0.3) is 5.56 Å². The van der Waals surface area contributed by atoms with E-state index in [1.807, 2.05) is 36.4 Å². The lowest BCUT2D eigenvalue weighted by atomic mass is 10.1. The molecule has 6 heteroatoms. The molecule has 4 rings (SSSR count). The third-order valence-corrected chi connectivity index (χ3v) is 4.54. The van der Waals surface area contributed by atoms with Gasteiger partial charge < -0.3 is 19.8 Å². The largest absolute Gasteiger partial charge is 0.486 e. The number of nitrogens with one attached hydrogen (secondary N) is 2. The van der Waals surface area contributed by atoms with Gasteiger partial charge in [0.2, 0.25) is 5.91 Å². The van der Waals surface area contributed by atoms with Crippen LogP contribution in [0, 0.1) is 0 Å². The summed E-state index contributed by atoms with van der Waals surface area (Å²) in [5.41, 5.74) is 2.08. The number of aromatic amines is 1. The van der Waals surface area contributed by atoms with Crippen molar-refractivity contribution in [3.05, 3.63) is 70.0 Å². The highest BCUT2D eigenvalue weighted by Gasteiger charge is 2.14. The number of amides is 1. The molecule has 0 atom stereocenters. The van der Waals surface area contributed by atoms with Gasteiger partial charge in [-0.2, -0.15) is 0 Å². The number of pyridine rings is 1. The normalized spacial score (nSPS) is 12.7. The van der Waals surface area contributed by atoms with Crippen molar-refractivity contribution in [2.24, 2.45) is 0 Å². The first-order valence-corrected chi connectivity index (χ1v) is 8.95. The molecule has 0 radical (unpaired) electrons. The van der Waals surface area contributed by atoms with E-state index in [1.54, 1.807) is 12.1 Å². The summed E-state index contributed by atoms with van der Waals surface area (Å²) in [7, 11) is 0. The van der Waals surface area contributed by atoms with Crippen LogP contribution in [0.2, 0.25) is 0 Å². The van der Waals surface area contributed by atoms with Crippen LogP contribution >= 0.6 is 0 Å². The predicted molar refractivity (Wildman–Crippen MR) is 102 cm³/mol. The van der Waals surface area contributed by atoms with Crippen LogP contribution in [0.3, 0.4) is 0 Å². The first-order chi connectivity index (χ1) is 13.2. The molecule has 0 aliphatic carbocycles. The second kappa shape index (κ2) is 7.53. The molecule has 2 aromatic carbocycles. The molecule has 1 aromatic heterocycles. The topological polar surface area (TPSA) is 80.4 Å². The molecule has 1 aliphatic heterocycles. The van der Waals surface area contributed by atoms with Gasteiger partial charge in [-0.25, -0.2) is 0 Å². The number of rotatable bonds is 5. The van der Waals surface area contributed by atoms with Crippen molar-refractivity contribution < 1.29 is 14.3 Å². The van der Waals surface area contributed by atoms with Crippen LogP contribution in [0.15, 0.2) is 53.3 Å². The van der Waals surface area contributed by atoms with Crippen LogP contribution in [0.25, 0.3) is 10.9 Å². The molecule has 0 saturated carbocycles. The van der Waals surface area contributed by atoms with Crippen molar-refractivity contribution >= 4 is 16.8 Å². The zero-order valence-electron chi connectivity index (χ0n) is 14.8. The van der Waals surface area contributed by atoms with Crippen molar-refractivity contribution in [3.63, 3.8) is 0 Å². The maximum absolute atomic E-state index is 12.3. The van der Waals surface area contributed by atoms with E-state index in [-0.39, 0.29) is 18.0 Å². The van der Waals surface area contributed by atoms with Gasteiger partial charge in [-0.05, 0) is 24.1 Å². The van der Waals surface area contributed by atoms with Gasteiger partial charge in [0, 0.05) is 30.0 Å². The van der Waals surface area contributed by atoms with Gasteiger partial charge in [-0.3, -0.25) is 9.59 Å². The van der Waals surface area contributed by atoms with Crippen molar-refractivity contribution in [1.29, 1.82) is 0 Å². The van der Waals surface area contributed by atoms with E-state index in [9.17, 15) is 9.59 Å². The number of aryl methyl sites for hydroxylation is 1. The molecule has 2 N–H and O–H groups in total. The highest BCUT2D eigenvalue weighted by molar-refractivity contribution is 5.83. The molecule has 138 valence electrons. The number of H-pyrrole nitrogens is 1. The van der Waals surface area contributed by atoms with E-state index in [0.717, 1.165) is 10.9 Å². The molecule has 0 fully saturated rings. The SMILES string of the molecule is O=C(CCc1ccccc1)NCc1cc2cc3c(cc2[nH]c1=O)OCCO3. The van der Waals surface area contributed by atoms with Crippen LogP contribution in [0.5, 0.6) is 11.5 Å². The number of hydrogen-bond donors (Lipinski definition) is 2. The Morgan fingerprint density at radius 2 is 1.78 bits per heavy atom. The lowest BCUT2D eigenvalue weighted by Gasteiger charge is -2.18. The summed E-state index contributed by atoms with van der Waals surface area (Å²) < 4.78 is 11.1. The Hall–Kier alpha value is -3.28. The molecule has 0 bridgehead atoms. The Bertz CT molecular complexity index is 1030. The van der Waals surface area contributed by atoms with Crippen LogP contribution in [-0.4, -0.2) is 24.1 Å². The number of carbonyl (C=O) groups is 1. The van der Waals surface area contributed by atoms with Crippen LogP contribution in [-0.2, 0) is 17.8 Å². The summed E-state index contributed by atoms with van der Waals surface area (Å²) in [5.74, 6) is 1.21. The molecule has 1 aliphatic rings. The summed E-state index contributed by atoms with van der Waals surface area (Å²) in [6, 6.07) is 15.2. The fourth-order valence-electron chi connectivity index (χ4n) is 3.10. The first kappa shape index (κ1) is 17.1. The zero-order chi connectivity index (χ0) is 18.6. The molecule has 0 unspecified atom stereocenters. The number of fused-ring (bicyclic) bond motifs is 2. The predicted octanol–water partition coefficient (Wildman–Crippen LogP) is 2.55. The number of ether oxygens (including phenoxy) is 2.